The van der Waals surface area contributed by atoms with Crippen LogP contribution in [0.4, 0.5) is 5.82 Å². The molecule has 1 aromatic heterocycles. The zero-order chi connectivity index (χ0) is 17.0. The molecule has 0 atom stereocenters. The lowest BCUT2D eigenvalue weighted by Gasteiger charge is -2.42. The largest absolute Gasteiger partial charge is 0.381 e. The number of anilines is 1. The summed E-state index contributed by atoms with van der Waals surface area (Å²) in [6.07, 6.45) is 5.98. The molecule has 0 unspecified atom stereocenters. The number of carbonyl (C=O) groups is 1. The van der Waals surface area contributed by atoms with Crippen LogP contribution in [0.3, 0.4) is 0 Å². The number of aromatic nitrogens is 1. The fourth-order valence-electron chi connectivity index (χ4n) is 3.63. The molecule has 2 aliphatic heterocycles. The molecule has 0 bridgehead atoms. The summed E-state index contributed by atoms with van der Waals surface area (Å²) in [5, 5.41) is 3.15. The summed E-state index contributed by atoms with van der Waals surface area (Å²) in [6.45, 7) is 4.10. The Labute approximate surface area is 144 Å². The maximum atomic E-state index is 12.8. The first-order chi connectivity index (χ1) is 11.6. The maximum absolute atomic E-state index is 12.8. The van der Waals surface area contributed by atoms with Gasteiger partial charge in [-0.25, -0.2) is 4.98 Å². The number of carbonyl (C=O) groups excluding carboxylic acids is 1. The molecule has 0 aliphatic carbocycles. The molecule has 0 saturated carbocycles. The van der Waals surface area contributed by atoms with Crippen LogP contribution in [0.2, 0.25) is 0 Å². The van der Waals surface area contributed by atoms with Gasteiger partial charge in [-0.05, 0) is 51.9 Å². The van der Waals surface area contributed by atoms with E-state index in [4.69, 9.17) is 4.74 Å². The Morgan fingerprint density at radius 1 is 1.33 bits per heavy atom. The normalized spacial score (nSPS) is 20.4. The van der Waals surface area contributed by atoms with Crippen molar-refractivity contribution in [3.05, 3.63) is 23.9 Å². The van der Waals surface area contributed by atoms with Crippen molar-refractivity contribution in [3.8, 4) is 0 Å². The van der Waals surface area contributed by atoms with Gasteiger partial charge < -0.3 is 19.9 Å². The highest BCUT2D eigenvalue weighted by molar-refractivity contribution is 5.99. The molecule has 2 aliphatic rings. The second-order valence-electron chi connectivity index (χ2n) is 6.98. The first kappa shape index (κ1) is 17.2. The van der Waals surface area contributed by atoms with Crippen LogP contribution in [-0.4, -0.2) is 68.3 Å². The molecule has 1 aromatic rings. The quantitative estimate of drug-likeness (QED) is 0.886. The van der Waals surface area contributed by atoms with Gasteiger partial charge in [0.2, 0.25) is 0 Å². The van der Waals surface area contributed by atoms with Crippen LogP contribution in [0, 0.1) is 0 Å². The van der Waals surface area contributed by atoms with E-state index in [0.717, 1.165) is 45.0 Å². The molecule has 0 radical (unpaired) electrons. The molecular weight excluding hydrogens is 304 g/mol. The van der Waals surface area contributed by atoms with Crippen molar-refractivity contribution in [1.82, 2.24) is 15.2 Å². The fourth-order valence-corrected chi connectivity index (χ4v) is 3.63. The Morgan fingerprint density at radius 3 is 2.71 bits per heavy atom. The smallest absolute Gasteiger partial charge is 0.255 e. The Morgan fingerprint density at radius 2 is 2.04 bits per heavy atom. The van der Waals surface area contributed by atoms with Crippen LogP contribution < -0.4 is 10.2 Å². The van der Waals surface area contributed by atoms with Crippen molar-refractivity contribution in [2.75, 3.05) is 51.8 Å². The van der Waals surface area contributed by atoms with Crippen molar-refractivity contribution in [1.29, 1.82) is 0 Å². The lowest BCUT2D eigenvalue weighted by molar-refractivity contribution is -0.00657. The Kier molecular flexibility index (Phi) is 5.36. The summed E-state index contributed by atoms with van der Waals surface area (Å²) in [6, 6.07) is 3.72. The van der Waals surface area contributed by atoms with Crippen LogP contribution in [0.1, 0.15) is 36.0 Å². The van der Waals surface area contributed by atoms with E-state index in [0.29, 0.717) is 12.1 Å². The number of nitrogens with one attached hydrogen (secondary N) is 1. The van der Waals surface area contributed by atoms with Crippen molar-refractivity contribution in [2.24, 2.45) is 0 Å². The number of rotatable bonds is 5. The van der Waals surface area contributed by atoms with E-state index in [2.05, 4.69) is 34.2 Å². The highest BCUT2D eigenvalue weighted by Crippen LogP contribution is 2.26. The van der Waals surface area contributed by atoms with Gasteiger partial charge in [-0.15, -0.1) is 0 Å². The van der Waals surface area contributed by atoms with Gasteiger partial charge in [0, 0.05) is 44.6 Å². The van der Waals surface area contributed by atoms with Crippen LogP contribution in [0.5, 0.6) is 0 Å². The van der Waals surface area contributed by atoms with Crippen molar-refractivity contribution >= 4 is 11.7 Å². The van der Waals surface area contributed by atoms with Crippen LogP contribution in [0.15, 0.2) is 18.3 Å². The molecule has 2 fully saturated rings. The summed E-state index contributed by atoms with van der Waals surface area (Å²) >= 11 is 0. The molecule has 0 aromatic carbocycles. The number of amides is 1. The standard InChI is InChI=1S/C18H28N4O2/c1-21(2)18(7-12-24-13-8-18)14-20-17(23)15-6-5-9-19-16(15)22-10-3-4-11-22/h5-6,9H,3-4,7-8,10-14H2,1-2H3,(H,20,23). The van der Waals surface area contributed by atoms with Gasteiger partial charge >= 0.3 is 0 Å². The average Bonchev–Trinajstić information content (AvgIpc) is 3.15. The first-order valence-corrected chi connectivity index (χ1v) is 8.86. The molecule has 1 amide bonds. The third kappa shape index (κ3) is 3.54. The molecule has 3 rings (SSSR count). The number of nitrogens with zero attached hydrogens (tertiary/aromatic N) is 3. The number of ether oxygens (including phenoxy) is 1. The fraction of sp³-hybridized carbons (Fsp3) is 0.667. The first-order valence-electron chi connectivity index (χ1n) is 8.86. The third-order valence-corrected chi connectivity index (χ3v) is 5.39. The third-order valence-electron chi connectivity index (χ3n) is 5.39. The molecule has 6 nitrogen and oxygen atoms in total. The van der Waals surface area contributed by atoms with E-state index in [9.17, 15) is 4.79 Å². The van der Waals surface area contributed by atoms with E-state index in [1.807, 2.05) is 12.1 Å². The van der Waals surface area contributed by atoms with Gasteiger partial charge in [-0.1, -0.05) is 0 Å². The van der Waals surface area contributed by atoms with Crippen LogP contribution in [-0.2, 0) is 4.74 Å². The second-order valence-corrected chi connectivity index (χ2v) is 6.98. The number of pyridine rings is 1. The minimum absolute atomic E-state index is 0.0239. The Balaban J connectivity index is 1.71. The number of hydrogen-bond donors (Lipinski definition) is 1. The zero-order valence-corrected chi connectivity index (χ0v) is 14.8. The van der Waals surface area contributed by atoms with Gasteiger partial charge in [0.05, 0.1) is 5.56 Å². The van der Waals surface area contributed by atoms with Gasteiger partial charge in [0.25, 0.3) is 5.91 Å². The average molecular weight is 332 g/mol. The highest BCUT2D eigenvalue weighted by Gasteiger charge is 2.35. The SMILES string of the molecule is CN(C)C1(CNC(=O)c2cccnc2N2CCCC2)CCOCC1. The van der Waals surface area contributed by atoms with E-state index >= 15 is 0 Å². The lowest BCUT2D eigenvalue weighted by Crippen LogP contribution is -2.55. The van der Waals surface area contributed by atoms with Crippen LogP contribution in [0.25, 0.3) is 0 Å². The summed E-state index contributed by atoms with van der Waals surface area (Å²) in [7, 11) is 4.16. The molecular formula is C18H28N4O2. The van der Waals surface area contributed by atoms with Gasteiger partial charge in [0.1, 0.15) is 5.82 Å². The Hall–Kier alpha value is -1.66. The zero-order valence-electron chi connectivity index (χ0n) is 14.8. The number of hydrogen-bond acceptors (Lipinski definition) is 5. The van der Waals surface area contributed by atoms with E-state index < -0.39 is 0 Å². The lowest BCUT2D eigenvalue weighted by atomic mass is 9.88. The van der Waals surface area contributed by atoms with E-state index in [1.165, 1.54) is 12.8 Å². The minimum atomic E-state index is -0.0299. The van der Waals surface area contributed by atoms with E-state index in [1.54, 1.807) is 6.20 Å². The minimum Gasteiger partial charge on any atom is -0.381 e. The van der Waals surface area contributed by atoms with E-state index in [-0.39, 0.29) is 11.4 Å². The molecule has 0 spiro atoms. The summed E-state index contributed by atoms with van der Waals surface area (Å²) in [5.74, 6) is 0.788. The molecule has 6 heteroatoms. The van der Waals surface area contributed by atoms with Crippen molar-refractivity contribution in [3.63, 3.8) is 0 Å². The molecule has 24 heavy (non-hydrogen) atoms. The predicted octanol–water partition coefficient (Wildman–Crippen LogP) is 1.52. The predicted molar refractivity (Wildman–Crippen MR) is 94.5 cm³/mol. The highest BCUT2D eigenvalue weighted by atomic mass is 16.5. The summed E-state index contributed by atoms with van der Waals surface area (Å²) in [5.41, 5.74) is 0.657. The molecule has 3 heterocycles. The molecule has 1 N–H and O–H groups in total. The van der Waals surface area contributed by atoms with Gasteiger partial charge in [-0.3, -0.25) is 4.79 Å². The van der Waals surface area contributed by atoms with Gasteiger partial charge in [0.15, 0.2) is 0 Å². The number of likely N-dealkylation sites (N-methyl/N-ethyl adjacent to an activating group) is 1. The monoisotopic (exact) mass is 332 g/mol. The maximum Gasteiger partial charge on any atom is 0.255 e. The summed E-state index contributed by atoms with van der Waals surface area (Å²) in [4.78, 5) is 21.7. The molecule has 2 saturated heterocycles. The second kappa shape index (κ2) is 7.49. The Bertz CT molecular complexity index is 564. The molecule has 132 valence electrons. The van der Waals surface area contributed by atoms with Crippen molar-refractivity contribution in [2.45, 2.75) is 31.2 Å². The van der Waals surface area contributed by atoms with Gasteiger partial charge in [-0.2, -0.15) is 0 Å². The van der Waals surface area contributed by atoms with Crippen LogP contribution >= 0.6 is 0 Å². The topological polar surface area (TPSA) is 57.7 Å². The van der Waals surface area contributed by atoms with Crippen molar-refractivity contribution < 1.29 is 9.53 Å². The summed E-state index contributed by atoms with van der Waals surface area (Å²) < 4.78 is 5.50.